The van der Waals surface area contributed by atoms with Gasteiger partial charge in [-0.25, -0.2) is 0 Å². The highest BCUT2D eigenvalue weighted by atomic mass is 14.9. The highest BCUT2D eigenvalue weighted by molar-refractivity contribution is 4.94. The molecule has 1 nitrogen and oxygen atoms in total. The van der Waals surface area contributed by atoms with Crippen molar-refractivity contribution < 1.29 is 0 Å². The second kappa shape index (κ2) is 6.64. The second-order valence-electron chi connectivity index (χ2n) is 5.78. The largest absolute Gasteiger partial charge is 0.314 e. The van der Waals surface area contributed by atoms with E-state index >= 15 is 0 Å². The fraction of sp³-hybridized carbons (Fsp3) is 1.00. The van der Waals surface area contributed by atoms with Gasteiger partial charge in [-0.15, -0.1) is 0 Å². The lowest BCUT2D eigenvalue weighted by Gasteiger charge is -2.39. The molecule has 1 aliphatic carbocycles. The van der Waals surface area contributed by atoms with Crippen molar-refractivity contribution in [1.29, 1.82) is 0 Å². The summed E-state index contributed by atoms with van der Waals surface area (Å²) in [4.78, 5) is 0. The number of rotatable bonds is 7. The van der Waals surface area contributed by atoms with Gasteiger partial charge in [0.05, 0.1) is 0 Å². The second-order valence-corrected chi connectivity index (χ2v) is 5.78. The van der Waals surface area contributed by atoms with E-state index in [1.54, 1.807) is 0 Å². The van der Waals surface area contributed by atoms with Crippen molar-refractivity contribution in [3.63, 3.8) is 0 Å². The van der Waals surface area contributed by atoms with Crippen molar-refractivity contribution in [2.24, 2.45) is 11.3 Å². The number of nitrogens with one attached hydrogen (secondary N) is 1. The summed E-state index contributed by atoms with van der Waals surface area (Å²) >= 11 is 0. The smallest absolute Gasteiger partial charge is 0.0126 e. The molecule has 1 saturated carbocycles. The van der Waals surface area contributed by atoms with Crippen LogP contribution in [0.4, 0.5) is 0 Å². The summed E-state index contributed by atoms with van der Waals surface area (Å²) in [6, 6.07) is 0.764. The van der Waals surface area contributed by atoms with Crippen LogP contribution in [0.1, 0.15) is 72.6 Å². The zero-order valence-corrected chi connectivity index (χ0v) is 11.8. The van der Waals surface area contributed by atoms with Crippen LogP contribution in [-0.2, 0) is 0 Å². The summed E-state index contributed by atoms with van der Waals surface area (Å²) in [5, 5.41) is 3.78. The SMILES string of the molecule is CCNC(CC(C)CC)C1(CC)CCCC1. The van der Waals surface area contributed by atoms with E-state index in [-0.39, 0.29) is 0 Å². The minimum absolute atomic E-state index is 0.624. The quantitative estimate of drug-likeness (QED) is 0.678. The summed E-state index contributed by atoms with van der Waals surface area (Å²) in [6.07, 6.45) is 9.88. The van der Waals surface area contributed by atoms with E-state index in [4.69, 9.17) is 0 Å². The van der Waals surface area contributed by atoms with E-state index in [1.165, 1.54) is 44.9 Å². The van der Waals surface area contributed by atoms with Gasteiger partial charge in [0.25, 0.3) is 0 Å². The molecule has 96 valence electrons. The van der Waals surface area contributed by atoms with Crippen LogP contribution in [-0.4, -0.2) is 12.6 Å². The van der Waals surface area contributed by atoms with Gasteiger partial charge in [0.15, 0.2) is 0 Å². The van der Waals surface area contributed by atoms with Crippen LogP contribution < -0.4 is 5.32 Å². The summed E-state index contributed by atoms with van der Waals surface area (Å²) in [5.41, 5.74) is 0.624. The standard InChI is InChI=1S/C15H31N/c1-5-13(4)12-14(16-7-3)15(6-2)10-8-9-11-15/h13-14,16H,5-12H2,1-4H3. The molecule has 0 radical (unpaired) electrons. The van der Waals surface area contributed by atoms with Crippen LogP contribution in [0.15, 0.2) is 0 Å². The van der Waals surface area contributed by atoms with Gasteiger partial charge in [0, 0.05) is 6.04 Å². The normalized spacial score (nSPS) is 23.2. The van der Waals surface area contributed by atoms with Gasteiger partial charge in [-0.05, 0) is 43.6 Å². The maximum absolute atomic E-state index is 3.78. The third kappa shape index (κ3) is 3.23. The summed E-state index contributed by atoms with van der Waals surface area (Å²) < 4.78 is 0. The van der Waals surface area contributed by atoms with Gasteiger partial charge < -0.3 is 5.32 Å². The Hall–Kier alpha value is -0.0400. The Balaban J connectivity index is 2.65. The molecule has 0 spiro atoms. The van der Waals surface area contributed by atoms with Crippen molar-refractivity contribution >= 4 is 0 Å². The maximum atomic E-state index is 3.78. The zero-order valence-electron chi connectivity index (χ0n) is 11.8. The Morgan fingerprint density at radius 1 is 1.12 bits per heavy atom. The van der Waals surface area contributed by atoms with Gasteiger partial charge in [-0.1, -0.05) is 47.0 Å². The molecule has 0 saturated heterocycles. The third-order valence-corrected chi connectivity index (χ3v) is 4.83. The first-order chi connectivity index (χ1) is 7.68. The molecule has 2 atom stereocenters. The van der Waals surface area contributed by atoms with Gasteiger partial charge >= 0.3 is 0 Å². The van der Waals surface area contributed by atoms with Crippen molar-refractivity contribution in [3.05, 3.63) is 0 Å². The van der Waals surface area contributed by atoms with Gasteiger partial charge in [0.2, 0.25) is 0 Å². The monoisotopic (exact) mass is 225 g/mol. The average Bonchev–Trinajstić information content (AvgIpc) is 2.78. The highest BCUT2D eigenvalue weighted by Gasteiger charge is 2.39. The van der Waals surface area contributed by atoms with E-state index in [9.17, 15) is 0 Å². The van der Waals surface area contributed by atoms with Crippen molar-refractivity contribution in [1.82, 2.24) is 5.32 Å². The number of hydrogen-bond donors (Lipinski definition) is 1. The molecule has 0 aromatic rings. The Bertz CT molecular complexity index is 182. The predicted octanol–water partition coefficient (Wildman–Crippen LogP) is 4.37. The zero-order chi connectivity index (χ0) is 12.0. The first-order valence-electron chi connectivity index (χ1n) is 7.41. The molecule has 0 heterocycles. The molecule has 1 aliphatic rings. The molecule has 0 aromatic carbocycles. The van der Waals surface area contributed by atoms with Crippen molar-refractivity contribution in [3.8, 4) is 0 Å². The van der Waals surface area contributed by atoms with E-state index < -0.39 is 0 Å². The lowest BCUT2D eigenvalue weighted by atomic mass is 9.73. The minimum Gasteiger partial charge on any atom is -0.314 e. The van der Waals surface area contributed by atoms with Crippen LogP contribution in [0, 0.1) is 11.3 Å². The van der Waals surface area contributed by atoms with Crippen LogP contribution in [0.3, 0.4) is 0 Å². The van der Waals surface area contributed by atoms with E-state index in [0.717, 1.165) is 18.5 Å². The molecular formula is C15H31N. The Morgan fingerprint density at radius 3 is 2.19 bits per heavy atom. The fourth-order valence-electron chi connectivity index (χ4n) is 3.39. The van der Waals surface area contributed by atoms with Crippen LogP contribution in [0.5, 0.6) is 0 Å². The van der Waals surface area contributed by atoms with Crippen LogP contribution >= 0.6 is 0 Å². The maximum Gasteiger partial charge on any atom is 0.0126 e. The summed E-state index contributed by atoms with van der Waals surface area (Å²) in [6.45, 7) is 10.5. The van der Waals surface area contributed by atoms with Crippen LogP contribution in [0.2, 0.25) is 0 Å². The Morgan fingerprint density at radius 2 is 1.75 bits per heavy atom. The molecule has 1 N–H and O–H groups in total. The van der Waals surface area contributed by atoms with E-state index in [0.29, 0.717) is 5.41 Å². The number of hydrogen-bond acceptors (Lipinski definition) is 1. The summed E-state index contributed by atoms with van der Waals surface area (Å²) in [5.74, 6) is 0.869. The van der Waals surface area contributed by atoms with Crippen molar-refractivity contribution in [2.45, 2.75) is 78.7 Å². The Labute approximate surface area is 102 Å². The molecule has 0 aromatic heterocycles. The minimum atomic E-state index is 0.624. The molecule has 1 heteroatoms. The molecule has 1 fully saturated rings. The predicted molar refractivity (Wildman–Crippen MR) is 72.7 cm³/mol. The third-order valence-electron chi connectivity index (χ3n) is 4.83. The fourth-order valence-corrected chi connectivity index (χ4v) is 3.39. The average molecular weight is 225 g/mol. The molecule has 1 rings (SSSR count). The first-order valence-corrected chi connectivity index (χ1v) is 7.41. The molecule has 0 bridgehead atoms. The van der Waals surface area contributed by atoms with E-state index in [1.807, 2.05) is 0 Å². The lowest BCUT2D eigenvalue weighted by molar-refractivity contribution is 0.162. The first kappa shape index (κ1) is 14.0. The molecular weight excluding hydrogens is 194 g/mol. The molecule has 16 heavy (non-hydrogen) atoms. The van der Waals surface area contributed by atoms with Gasteiger partial charge in [-0.2, -0.15) is 0 Å². The molecule has 0 amide bonds. The Kier molecular flexibility index (Phi) is 5.82. The summed E-state index contributed by atoms with van der Waals surface area (Å²) in [7, 11) is 0. The molecule has 2 unspecified atom stereocenters. The lowest BCUT2D eigenvalue weighted by Crippen LogP contribution is -2.44. The van der Waals surface area contributed by atoms with Crippen LogP contribution in [0.25, 0.3) is 0 Å². The van der Waals surface area contributed by atoms with Crippen molar-refractivity contribution in [2.75, 3.05) is 6.54 Å². The van der Waals surface area contributed by atoms with Gasteiger partial charge in [0.1, 0.15) is 0 Å². The highest BCUT2D eigenvalue weighted by Crippen LogP contribution is 2.45. The topological polar surface area (TPSA) is 12.0 Å². The van der Waals surface area contributed by atoms with E-state index in [2.05, 4.69) is 33.0 Å². The molecule has 0 aliphatic heterocycles. The van der Waals surface area contributed by atoms with Gasteiger partial charge in [-0.3, -0.25) is 0 Å².